The number of alkyl halides is 9. The van der Waals surface area contributed by atoms with Gasteiger partial charge in [-0.05, 0) is 24.3 Å². The summed E-state index contributed by atoms with van der Waals surface area (Å²) in [6.45, 7) is 1.14. The number of aromatic nitrogens is 4. The van der Waals surface area contributed by atoms with Gasteiger partial charge in [-0.1, -0.05) is 0 Å². The fourth-order valence-corrected chi connectivity index (χ4v) is 3.19. The number of imidazole rings is 1. The normalized spacial score (nSPS) is 15.0. The van der Waals surface area contributed by atoms with Gasteiger partial charge < -0.3 is 19.9 Å². The molecule has 17 heteroatoms. The number of fused-ring (bicyclic) bond motifs is 1. The molecular weight excluding hydrogens is 515 g/mol. The molecule has 8 nitrogen and oxygen atoms in total. The molecule has 3 aromatic heterocycles. The number of aromatic amines is 1. The van der Waals surface area contributed by atoms with Crippen molar-refractivity contribution >= 4 is 28.9 Å². The lowest BCUT2D eigenvalue weighted by Gasteiger charge is -2.36. The zero-order chi connectivity index (χ0) is 26.9. The molecule has 3 aromatic rings. The van der Waals surface area contributed by atoms with Crippen molar-refractivity contribution in [1.29, 1.82) is 0 Å². The third kappa shape index (κ3) is 6.25. The van der Waals surface area contributed by atoms with Gasteiger partial charge in [-0.3, -0.25) is 0 Å². The average Bonchev–Trinajstić information content (AvgIpc) is 3.21. The van der Waals surface area contributed by atoms with Crippen LogP contribution in [0.2, 0.25) is 0 Å². The number of anilines is 2. The minimum atomic E-state index is -5.08. The summed E-state index contributed by atoms with van der Waals surface area (Å²) in [5, 5.41) is 7.12. The van der Waals surface area contributed by atoms with Crippen LogP contribution in [0.5, 0.6) is 0 Å². The van der Waals surface area contributed by atoms with Crippen molar-refractivity contribution in [3.8, 4) is 0 Å². The Kier molecular flexibility index (Phi) is 7.22. The summed E-state index contributed by atoms with van der Waals surface area (Å²) in [5.74, 6) is -2.57. The first-order valence-corrected chi connectivity index (χ1v) is 9.83. The number of aliphatic carboxylic acids is 1. The van der Waals surface area contributed by atoms with Gasteiger partial charge in [-0.2, -0.15) is 44.5 Å². The van der Waals surface area contributed by atoms with Gasteiger partial charge in [0.1, 0.15) is 11.5 Å². The average molecular weight is 530 g/mol. The Morgan fingerprint density at radius 2 is 1.44 bits per heavy atom. The zero-order valence-electron chi connectivity index (χ0n) is 17.7. The van der Waals surface area contributed by atoms with Gasteiger partial charge in [0.15, 0.2) is 5.65 Å². The molecule has 36 heavy (non-hydrogen) atoms. The maximum absolute atomic E-state index is 13.2. The lowest BCUT2D eigenvalue weighted by molar-refractivity contribution is -0.192. The van der Waals surface area contributed by atoms with E-state index in [1.165, 1.54) is 23.2 Å². The van der Waals surface area contributed by atoms with E-state index in [0.29, 0.717) is 24.6 Å². The summed E-state index contributed by atoms with van der Waals surface area (Å²) in [6, 6.07) is 4.33. The van der Waals surface area contributed by atoms with E-state index in [0.717, 1.165) is 12.1 Å². The summed E-state index contributed by atoms with van der Waals surface area (Å²) in [4.78, 5) is 26.6. The van der Waals surface area contributed by atoms with E-state index in [9.17, 15) is 39.5 Å². The van der Waals surface area contributed by atoms with Crippen LogP contribution in [-0.2, 0) is 17.1 Å². The third-order valence-electron chi connectivity index (χ3n) is 4.84. The molecule has 1 aliphatic rings. The number of nitrogens with zero attached hydrogens (tertiary/aromatic N) is 5. The number of rotatable bonds is 2. The van der Waals surface area contributed by atoms with Crippen molar-refractivity contribution < 1.29 is 49.4 Å². The molecule has 0 aromatic carbocycles. The van der Waals surface area contributed by atoms with Crippen LogP contribution >= 0.6 is 0 Å². The Labute approximate surface area is 195 Å². The molecule has 1 aliphatic heterocycles. The first-order valence-electron chi connectivity index (χ1n) is 9.83. The zero-order valence-corrected chi connectivity index (χ0v) is 17.7. The number of hydrogen-bond acceptors (Lipinski definition) is 6. The number of carboxylic acids is 1. The Balaban J connectivity index is 0.000000454. The van der Waals surface area contributed by atoms with Crippen LogP contribution in [0.15, 0.2) is 30.5 Å². The molecular formula is C19H15F9N6O2. The standard InChI is InChI=1S/C17H14F6N6.C2HF3O2/c18-16(19,20)10-2-1-5-24-14(10)28-6-8-29(9-7-28)15-25-11-3-4-12(17(21,22)23)26-13(11)27-15;3-2(4,5)1(6)7/h1-5H,6-9H2,(H,25,26,27);(H,6,7). The summed E-state index contributed by atoms with van der Waals surface area (Å²) in [6.07, 6.45) is -12.9. The van der Waals surface area contributed by atoms with Gasteiger partial charge in [0.2, 0.25) is 5.95 Å². The van der Waals surface area contributed by atoms with Crippen LogP contribution in [0.1, 0.15) is 11.3 Å². The van der Waals surface area contributed by atoms with Crippen LogP contribution < -0.4 is 9.80 Å². The Bertz CT molecular complexity index is 1210. The predicted octanol–water partition coefficient (Wildman–Crippen LogP) is 4.35. The molecule has 0 spiro atoms. The number of nitrogens with one attached hydrogen (secondary N) is 1. The number of H-pyrrole nitrogens is 1. The molecule has 0 radical (unpaired) electrons. The topological polar surface area (TPSA) is 98.2 Å². The molecule has 1 fully saturated rings. The van der Waals surface area contributed by atoms with Crippen molar-refractivity contribution in [2.24, 2.45) is 0 Å². The van der Waals surface area contributed by atoms with E-state index in [2.05, 4.69) is 19.9 Å². The highest BCUT2D eigenvalue weighted by Crippen LogP contribution is 2.35. The van der Waals surface area contributed by atoms with Gasteiger partial charge in [0.05, 0.1) is 11.1 Å². The fourth-order valence-electron chi connectivity index (χ4n) is 3.19. The van der Waals surface area contributed by atoms with Crippen molar-refractivity contribution in [3.05, 3.63) is 41.7 Å². The van der Waals surface area contributed by atoms with Crippen LogP contribution in [0.25, 0.3) is 11.2 Å². The van der Waals surface area contributed by atoms with Gasteiger partial charge in [-0.25, -0.2) is 14.8 Å². The van der Waals surface area contributed by atoms with E-state index >= 15 is 0 Å². The maximum atomic E-state index is 13.2. The van der Waals surface area contributed by atoms with Crippen LogP contribution in [0, 0.1) is 0 Å². The van der Waals surface area contributed by atoms with E-state index < -0.39 is 35.8 Å². The lowest BCUT2D eigenvalue weighted by atomic mass is 10.2. The van der Waals surface area contributed by atoms with Gasteiger partial charge in [-0.15, -0.1) is 0 Å². The van der Waals surface area contributed by atoms with Crippen LogP contribution in [0.3, 0.4) is 0 Å². The van der Waals surface area contributed by atoms with Gasteiger partial charge >= 0.3 is 24.5 Å². The smallest absolute Gasteiger partial charge is 0.475 e. The first-order chi connectivity index (χ1) is 16.6. The van der Waals surface area contributed by atoms with Gasteiger partial charge in [0.25, 0.3) is 0 Å². The SMILES string of the molecule is FC(F)(F)c1ccc2[nH]c(N3CCN(c4ncccc4C(F)(F)F)CC3)nc2n1.O=C(O)C(F)(F)F. The molecule has 1 saturated heterocycles. The number of piperazine rings is 1. The summed E-state index contributed by atoms with van der Waals surface area (Å²) in [7, 11) is 0. The molecule has 4 heterocycles. The third-order valence-corrected chi connectivity index (χ3v) is 4.84. The van der Waals surface area contributed by atoms with Crippen LogP contribution in [0.4, 0.5) is 51.3 Å². The maximum Gasteiger partial charge on any atom is 0.490 e. The van der Waals surface area contributed by atoms with Crippen molar-refractivity contribution in [2.75, 3.05) is 36.0 Å². The van der Waals surface area contributed by atoms with E-state index in [-0.39, 0.29) is 24.6 Å². The highest BCUT2D eigenvalue weighted by Gasteiger charge is 2.38. The predicted molar refractivity (Wildman–Crippen MR) is 106 cm³/mol. The molecule has 0 bridgehead atoms. The Morgan fingerprint density at radius 3 is 1.97 bits per heavy atom. The fraction of sp³-hybridized carbons (Fsp3) is 0.368. The van der Waals surface area contributed by atoms with Gasteiger partial charge in [0, 0.05) is 32.4 Å². The highest BCUT2D eigenvalue weighted by molar-refractivity contribution is 5.74. The van der Waals surface area contributed by atoms with Crippen molar-refractivity contribution in [3.63, 3.8) is 0 Å². The minimum absolute atomic E-state index is 0.0682. The number of halogens is 9. The monoisotopic (exact) mass is 530 g/mol. The summed E-state index contributed by atoms with van der Waals surface area (Å²) >= 11 is 0. The van der Waals surface area contributed by atoms with E-state index in [1.54, 1.807) is 4.90 Å². The minimum Gasteiger partial charge on any atom is -0.475 e. The number of carboxylic acid groups (broad SMARTS) is 1. The number of pyridine rings is 2. The molecule has 0 aliphatic carbocycles. The molecule has 0 atom stereocenters. The summed E-state index contributed by atoms with van der Waals surface area (Å²) in [5.41, 5.74) is -1.57. The number of hydrogen-bond donors (Lipinski definition) is 2. The molecule has 0 amide bonds. The largest absolute Gasteiger partial charge is 0.490 e. The van der Waals surface area contributed by atoms with E-state index in [1.807, 2.05) is 0 Å². The molecule has 4 rings (SSSR count). The Morgan fingerprint density at radius 1 is 0.861 bits per heavy atom. The molecule has 196 valence electrons. The second-order valence-corrected chi connectivity index (χ2v) is 7.28. The molecule has 2 N–H and O–H groups in total. The van der Waals surface area contributed by atoms with Crippen LogP contribution in [-0.4, -0.2) is 63.4 Å². The van der Waals surface area contributed by atoms with Crippen molar-refractivity contribution in [1.82, 2.24) is 19.9 Å². The second kappa shape index (κ2) is 9.69. The number of carbonyl (C=O) groups is 1. The summed E-state index contributed by atoms with van der Waals surface area (Å²) < 4.78 is 110. The first kappa shape index (κ1) is 26.8. The quantitative estimate of drug-likeness (QED) is 0.476. The van der Waals surface area contributed by atoms with Crippen molar-refractivity contribution in [2.45, 2.75) is 18.5 Å². The lowest BCUT2D eigenvalue weighted by Crippen LogP contribution is -2.47. The molecule has 0 unspecified atom stereocenters. The Hall–Kier alpha value is -3.79. The highest BCUT2D eigenvalue weighted by atomic mass is 19.4. The van der Waals surface area contributed by atoms with E-state index in [4.69, 9.17) is 9.90 Å². The molecule has 0 saturated carbocycles. The second-order valence-electron chi connectivity index (χ2n) is 7.28.